The number of nitrogens with zero attached hydrogens (tertiary/aromatic N) is 1. The summed E-state index contributed by atoms with van der Waals surface area (Å²) in [5.41, 5.74) is 9.12. The third-order valence-electron chi connectivity index (χ3n) is 4.09. The van der Waals surface area contributed by atoms with E-state index in [0.717, 1.165) is 36.1 Å². The zero-order chi connectivity index (χ0) is 14.8. The first-order valence-electron chi connectivity index (χ1n) is 7.32. The van der Waals surface area contributed by atoms with Gasteiger partial charge < -0.3 is 11.1 Å². The molecule has 1 saturated carbocycles. The van der Waals surface area contributed by atoms with Crippen molar-refractivity contribution < 1.29 is 4.79 Å². The van der Waals surface area contributed by atoms with Crippen LogP contribution in [-0.2, 0) is 0 Å². The fourth-order valence-electron chi connectivity index (χ4n) is 2.90. The van der Waals surface area contributed by atoms with E-state index in [1.54, 1.807) is 0 Å². The highest BCUT2D eigenvalue weighted by molar-refractivity contribution is 5.95. The van der Waals surface area contributed by atoms with Gasteiger partial charge in [0.05, 0.1) is 5.69 Å². The van der Waals surface area contributed by atoms with Gasteiger partial charge in [-0.15, -0.1) is 12.4 Å². The van der Waals surface area contributed by atoms with Gasteiger partial charge in [0.15, 0.2) is 0 Å². The maximum absolute atomic E-state index is 12.3. The first kappa shape index (κ1) is 16.5. The third-order valence-corrected chi connectivity index (χ3v) is 4.09. The number of hydrogen-bond donors (Lipinski definition) is 3. The molecule has 4 N–H and O–H groups in total. The van der Waals surface area contributed by atoms with E-state index < -0.39 is 0 Å². The first-order chi connectivity index (χ1) is 10.1. The number of halogens is 1. The number of aromatic nitrogens is 2. The number of H-pyrrole nitrogens is 1. The van der Waals surface area contributed by atoms with Crippen LogP contribution in [0.15, 0.2) is 30.3 Å². The van der Waals surface area contributed by atoms with Crippen molar-refractivity contribution in [3.63, 3.8) is 0 Å². The normalized spacial score (nSPS) is 20.5. The molecule has 0 radical (unpaired) electrons. The van der Waals surface area contributed by atoms with Crippen LogP contribution >= 0.6 is 12.4 Å². The lowest BCUT2D eigenvalue weighted by Crippen LogP contribution is -2.34. The van der Waals surface area contributed by atoms with Crippen molar-refractivity contribution in [1.82, 2.24) is 15.5 Å². The fraction of sp³-hybridized carbons (Fsp3) is 0.375. The van der Waals surface area contributed by atoms with Crippen molar-refractivity contribution in [3.8, 4) is 11.3 Å². The summed E-state index contributed by atoms with van der Waals surface area (Å²) in [4.78, 5) is 12.3. The smallest absolute Gasteiger partial charge is 0.269 e. The molecule has 1 aliphatic carbocycles. The molecule has 1 aliphatic rings. The average molecular weight is 321 g/mol. The molecule has 1 amide bonds. The Balaban J connectivity index is 0.00000176. The van der Waals surface area contributed by atoms with Gasteiger partial charge in [-0.1, -0.05) is 30.3 Å². The third kappa shape index (κ3) is 3.31. The van der Waals surface area contributed by atoms with Gasteiger partial charge in [-0.3, -0.25) is 9.89 Å². The Kier molecular flexibility index (Phi) is 5.21. The lowest BCUT2D eigenvalue weighted by molar-refractivity contribution is 0.0932. The quantitative estimate of drug-likeness (QED) is 0.812. The summed E-state index contributed by atoms with van der Waals surface area (Å²) >= 11 is 0. The second-order valence-electron chi connectivity index (χ2n) is 5.68. The zero-order valence-corrected chi connectivity index (χ0v) is 13.3. The van der Waals surface area contributed by atoms with Crippen molar-refractivity contribution in [1.29, 1.82) is 0 Å². The van der Waals surface area contributed by atoms with Crippen molar-refractivity contribution in [2.75, 3.05) is 0 Å². The van der Waals surface area contributed by atoms with Crippen molar-refractivity contribution in [2.45, 2.75) is 38.3 Å². The zero-order valence-electron chi connectivity index (χ0n) is 12.5. The molecule has 0 spiro atoms. The van der Waals surface area contributed by atoms with Gasteiger partial charge in [-0.2, -0.15) is 5.10 Å². The van der Waals surface area contributed by atoms with Crippen LogP contribution in [0, 0.1) is 6.92 Å². The van der Waals surface area contributed by atoms with E-state index in [0.29, 0.717) is 5.69 Å². The SMILES string of the molecule is Cc1c(-c2ccccc2)n[nH]c1C(=O)N[C@@H]1CC[C@@H](N)C1.Cl. The summed E-state index contributed by atoms with van der Waals surface area (Å²) in [6.07, 6.45) is 2.78. The van der Waals surface area contributed by atoms with Crippen LogP contribution in [-0.4, -0.2) is 28.2 Å². The van der Waals surface area contributed by atoms with Crippen molar-refractivity contribution in [2.24, 2.45) is 5.73 Å². The van der Waals surface area contributed by atoms with Gasteiger partial charge in [-0.25, -0.2) is 0 Å². The number of amides is 1. The van der Waals surface area contributed by atoms with Crippen LogP contribution in [0.3, 0.4) is 0 Å². The van der Waals surface area contributed by atoms with Gasteiger partial charge in [0.1, 0.15) is 5.69 Å². The minimum atomic E-state index is -0.0960. The molecule has 2 atom stereocenters. The summed E-state index contributed by atoms with van der Waals surface area (Å²) in [6.45, 7) is 1.92. The maximum atomic E-state index is 12.3. The summed E-state index contributed by atoms with van der Waals surface area (Å²) in [7, 11) is 0. The van der Waals surface area contributed by atoms with E-state index in [4.69, 9.17) is 5.73 Å². The number of rotatable bonds is 3. The van der Waals surface area contributed by atoms with Crippen LogP contribution in [0.1, 0.15) is 35.3 Å². The minimum absolute atomic E-state index is 0. The molecule has 2 aromatic rings. The highest BCUT2D eigenvalue weighted by atomic mass is 35.5. The molecule has 1 heterocycles. The highest BCUT2D eigenvalue weighted by Crippen LogP contribution is 2.23. The molecule has 5 nitrogen and oxygen atoms in total. The van der Waals surface area contributed by atoms with E-state index in [1.807, 2.05) is 37.3 Å². The van der Waals surface area contributed by atoms with Gasteiger partial charge in [-0.05, 0) is 26.2 Å². The monoisotopic (exact) mass is 320 g/mol. The molecule has 1 aromatic carbocycles. The molecule has 1 fully saturated rings. The lowest BCUT2D eigenvalue weighted by Gasteiger charge is -2.11. The van der Waals surface area contributed by atoms with Gasteiger partial charge in [0, 0.05) is 23.2 Å². The Morgan fingerprint density at radius 3 is 2.68 bits per heavy atom. The second-order valence-corrected chi connectivity index (χ2v) is 5.68. The van der Waals surface area contributed by atoms with Crippen LogP contribution in [0.2, 0.25) is 0 Å². The maximum Gasteiger partial charge on any atom is 0.269 e. The summed E-state index contributed by atoms with van der Waals surface area (Å²) < 4.78 is 0. The number of nitrogens with one attached hydrogen (secondary N) is 2. The standard InChI is InChI=1S/C16H20N4O.ClH/c1-10-14(11-5-3-2-4-6-11)19-20-15(10)16(21)18-13-8-7-12(17)9-13;/h2-6,12-13H,7-9,17H2,1H3,(H,18,21)(H,19,20);1H/t12-,13-;/m1./s1. The second kappa shape index (κ2) is 6.94. The average Bonchev–Trinajstić information content (AvgIpc) is 3.06. The van der Waals surface area contributed by atoms with Gasteiger partial charge >= 0.3 is 0 Å². The predicted molar refractivity (Wildman–Crippen MR) is 89.1 cm³/mol. The number of aromatic amines is 1. The summed E-state index contributed by atoms with van der Waals surface area (Å²) in [6, 6.07) is 10.2. The molecule has 0 aliphatic heterocycles. The first-order valence-corrected chi connectivity index (χ1v) is 7.32. The van der Waals surface area contributed by atoms with Crippen LogP contribution < -0.4 is 11.1 Å². The van der Waals surface area contributed by atoms with Crippen LogP contribution in [0.25, 0.3) is 11.3 Å². The predicted octanol–water partition coefficient (Wildman–Crippen LogP) is 2.42. The van der Waals surface area contributed by atoms with Crippen LogP contribution in [0.5, 0.6) is 0 Å². The fourth-order valence-corrected chi connectivity index (χ4v) is 2.90. The Labute approximate surface area is 136 Å². The molecule has 0 unspecified atom stereocenters. The number of nitrogens with two attached hydrogens (primary N) is 1. The molecule has 3 rings (SSSR count). The van der Waals surface area contributed by atoms with E-state index >= 15 is 0 Å². The number of carbonyl (C=O) groups is 1. The molecule has 0 bridgehead atoms. The Hall–Kier alpha value is -1.85. The topological polar surface area (TPSA) is 83.8 Å². The van der Waals surface area contributed by atoms with Crippen molar-refractivity contribution >= 4 is 18.3 Å². The van der Waals surface area contributed by atoms with Gasteiger partial charge in [0.2, 0.25) is 0 Å². The van der Waals surface area contributed by atoms with E-state index in [1.165, 1.54) is 0 Å². The molecule has 118 valence electrons. The Morgan fingerprint density at radius 2 is 2.05 bits per heavy atom. The molecule has 0 saturated heterocycles. The Bertz CT molecular complexity index is 641. The number of benzene rings is 1. The van der Waals surface area contributed by atoms with E-state index in [9.17, 15) is 4.79 Å². The number of carbonyl (C=O) groups excluding carboxylic acids is 1. The van der Waals surface area contributed by atoms with Crippen molar-refractivity contribution in [3.05, 3.63) is 41.6 Å². The number of hydrogen-bond acceptors (Lipinski definition) is 3. The summed E-state index contributed by atoms with van der Waals surface area (Å²) in [5, 5.41) is 10.2. The van der Waals surface area contributed by atoms with E-state index in [2.05, 4.69) is 15.5 Å². The molecular formula is C16H21ClN4O. The molecule has 1 aromatic heterocycles. The lowest BCUT2D eigenvalue weighted by atomic mass is 10.1. The minimum Gasteiger partial charge on any atom is -0.348 e. The summed E-state index contributed by atoms with van der Waals surface area (Å²) in [5.74, 6) is -0.0960. The molecular weight excluding hydrogens is 300 g/mol. The highest BCUT2D eigenvalue weighted by Gasteiger charge is 2.25. The van der Waals surface area contributed by atoms with Crippen LogP contribution in [0.4, 0.5) is 0 Å². The largest absolute Gasteiger partial charge is 0.348 e. The molecule has 22 heavy (non-hydrogen) atoms. The Morgan fingerprint density at radius 1 is 1.32 bits per heavy atom. The van der Waals surface area contributed by atoms with E-state index in [-0.39, 0.29) is 30.4 Å². The van der Waals surface area contributed by atoms with Gasteiger partial charge in [0.25, 0.3) is 5.91 Å². The molecule has 6 heteroatoms.